The zero-order chi connectivity index (χ0) is 16.1. The van der Waals surface area contributed by atoms with Crippen molar-refractivity contribution >= 4 is 23.9 Å². The molecule has 0 spiro atoms. The van der Waals surface area contributed by atoms with E-state index in [1.165, 1.54) is 5.69 Å². The van der Waals surface area contributed by atoms with Crippen LogP contribution in [0.4, 0.5) is 5.69 Å². The predicted octanol–water partition coefficient (Wildman–Crippen LogP) is 3.12. The van der Waals surface area contributed by atoms with Crippen LogP contribution in [-0.2, 0) is 0 Å². The van der Waals surface area contributed by atoms with Gasteiger partial charge < -0.3 is 9.64 Å². The molecule has 2 aromatic rings. The number of ether oxygens (including phenoxy) is 1. The lowest BCUT2D eigenvalue weighted by molar-refractivity contribution is 0.0926. The predicted molar refractivity (Wildman–Crippen MR) is 99.7 cm³/mol. The van der Waals surface area contributed by atoms with E-state index in [9.17, 15) is 4.79 Å². The average molecular weight is 347 g/mol. The second-order valence-corrected chi connectivity index (χ2v) is 5.75. The van der Waals surface area contributed by atoms with Gasteiger partial charge in [-0.1, -0.05) is 18.2 Å². The number of piperazine rings is 1. The molecule has 1 aliphatic rings. The van der Waals surface area contributed by atoms with Gasteiger partial charge in [0.05, 0.1) is 13.7 Å². The third-order valence-electron chi connectivity index (χ3n) is 4.27. The van der Waals surface area contributed by atoms with Crippen molar-refractivity contribution in [2.24, 2.45) is 0 Å². The van der Waals surface area contributed by atoms with Gasteiger partial charge in [-0.3, -0.25) is 9.69 Å². The molecule has 0 atom stereocenters. The lowest BCUT2D eigenvalue weighted by Gasteiger charge is -2.35. The van der Waals surface area contributed by atoms with Crippen LogP contribution >= 0.6 is 12.4 Å². The SMILES string of the molecule is COc1ccc(C(=O)CN2CCN(c3ccccc3)CC2)cc1.Cl. The molecular formula is C19H23ClN2O2. The van der Waals surface area contributed by atoms with Crippen molar-refractivity contribution < 1.29 is 9.53 Å². The number of halogens is 1. The number of hydrogen-bond donors (Lipinski definition) is 0. The lowest BCUT2D eigenvalue weighted by Crippen LogP contribution is -2.48. The molecule has 1 fully saturated rings. The number of ketones is 1. The molecule has 4 nitrogen and oxygen atoms in total. The highest BCUT2D eigenvalue weighted by Gasteiger charge is 2.19. The van der Waals surface area contributed by atoms with Gasteiger partial charge in [-0.15, -0.1) is 12.4 Å². The van der Waals surface area contributed by atoms with Crippen LogP contribution in [0.15, 0.2) is 54.6 Å². The van der Waals surface area contributed by atoms with E-state index in [1.807, 2.05) is 30.3 Å². The maximum absolute atomic E-state index is 12.4. The summed E-state index contributed by atoms with van der Waals surface area (Å²) in [6.07, 6.45) is 0. The molecule has 3 rings (SSSR count). The van der Waals surface area contributed by atoms with Gasteiger partial charge in [0.25, 0.3) is 0 Å². The Morgan fingerprint density at radius 2 is 1.58 bits per heavy atom. The van der Waals surface area contributed by atoms with Crippen LogP contribution in [0, 0.1) is 0 Å². The second-order valence-electron chi connectivity index (χ2n) is 5.75. The molecule has 1 heterocycles. The highest BCUT2D eigenvalue weighted by molar-refractivity contribution is 5.97. The van der Waals surface area contributed by atoms with E-state index in [2.05, 4.69) is 34.1 Å². The summed E-state index contributed by atoms with van der Waals surface area (Å²) in [5, 5.41) is 0. The Bertz CT molecular complexity index is 638. The van der Waals surface area contributed by atoms with Gasteiger partial charge in [-0.25, -0.2) is 0 Å². The zero-order valence-electron chi connectivity index (χ0n) is 13.9. The zero-order valence-corrected chi connectivity index (χ0v) is 14.7. The fourth-order valence-corrected chi connectivity index (χ4v) is 2.87. The topological polar surface area (TPSA) is 32.8 Å². The van der Waals surface area contributed by atoms with E-state index >= 15 is 0 Å². The Kier molecular flexibility index (Phi) is 6.64. The first-order chi connectivity index (χ1) is 11.3. The Hall–Kier alpha value is -2.04. The number of rotatable bonds is 5. The molecular weight excluding hydrogens is 324 g/mol. The summed E-state index contributed by atoms with van der Waals surface area (Å²) in [7, 11) is 1.63. The van der Waals surface area contributed by atoms with E-state index in [0.29, 0.717) is 6.54 Å². The van der Waals surface area contributed by atoms with Gasteiger partial charge in [-0.2, -0.15) is 0 Å². The van der Waals surface area contributed by atoms with Crippen LogP contribution in [0.1, 0.15) is 10.4 Å². The van der Waals surface area contributed by atoms with E-state index in [0.717, 1.165) is 37.5 Å². The van der Waals surface area contributed by atoms with Crippen molar-refractivity contribution in [2.45, 2.75) is 0 Å². The Morgan fingerprint density at radius 1 is 0.958 bits per heavy atom. The van der Waals surface area contributed by atoms with E-state index in [1.54, 1.807) is 7.11 Å². The van der Waals surface area contributed by atoms with Crippen molar-refractivity contribution in [3.05, 3.63) is 60.2 Å². The Labute approximate surface area is 149 Å². The second kappa shape index (κ2) is 8.71. The third kappa shape index (κ3) is 4.49. The first kappa shape index (κ1) is 18.3. The fraction of sp³-hybridized carbons (Fsp3) is 0.316. The van der Waals surface area contributed by atoms with E-state index in [4.69, 9.17) is 4.74 Å². The number of hydrogen-bond acceptors (Lipinski definition) is 4. The van der Waals surface area contributed by atoms with E-state index in [-0.39, 0.29) is 18.2 Å². The maximum atomic E-state index is 12.4. The number of carbonyl (C=O) groups is 1. The van der Waals surface area contributed by atoms with Gasteiger partial charge in [0.2, 0.25) is 0 Å². The minimum Gasteiger partial charge on any atom is -0.497 e. The molecule has 2 aromatic carbocycles. The minimum atomic E-state index is 0. The number of para-hydroxylation sites is 1. The fourth-order valence-electron chi connectivity index (χ4n) is 2.87. The third-order valence-corrected chi connectivity index (χ3v) is 4.27. The van der Waals surface area contributed by atoms with Crippen molar-refractivity contribution in [3.8, 4) is 5.75 Å². The van der Waals surface area contributed by atoms with Crippen molar-refractivity contribution in [1.82, 2.24) is 4.90 Å². The summed E-state index contributed by atoms with van der Waals surface area (Å²) in [6.45, 7) is 4.22. The van der Waals surface area contributed by atoms with Crippen LogP contribution < -0.4 is 9.64 Å². The number of carbonyl (C=O) groups excluding carboxylic acids is 1. The van der Waals surface area contributed by atoms with Crippen LogP contribution in [0.3, 0.4) is 0 Å². The van der Waals surface area contributed by atoms with Crippen molar-refractivity contribution in [2.75, 3.05) is 44.7 Å². The summed E-state index contributed by atoms with van der Waals surface area (Å²) in [5.41, 5.74) is 2.00. The molecule has 0 unspecified atom stereocenters. The van der Waals surface area contributed by atoms with Gasteiger partial charge in [-0.05, 0) is 36.4 Å². The summed E-state index contributed by atoms with van der Waals surface area (Å²) in [5.74, 6) is 0.943. The first-order valence-corrected chi connectivity index (χ1v) is 7.96. The molecule has 24 heavy (non-hydrogen) atoms. The Balaban J connectivity index is 0.00000208. The summed E-state index contributed by atoms with van der Waals surface area (Å²) >= 11 is 0. The standard InChI is InChI=1S/C19H22N2O2.ClH/c1-23-18-9-7-16(8-10-18)19(22)15-20-11-13-21(14-12-20)17-5-3-2-4-6-17;/h2-10H,11-15H2,1H3;1H. The van der Waals surface area contributed by atoms with Gasteiger partial charge >= 0.3 is 0 Å². The van der Waals surface area contributed by atoms with Crippen LogP contribution in [0.25, 0.3) is 0 Å². The van der Waals surface area contributed by atoms with Crippen LogP contribution in [0.2, 0.25) is 0 Å². The van der Waals surface area contributed by atoms with Gasteiger partial charge in [0.15, 0.2) is 5.78 Å². The number of anilines is 1. The summed E-state index contributed by atoms with van der Waals surface area (Å²) in [4.78, 5) is 17.0. The van der Waals surface area contributed by atoms with Crippen LogP contribution in [0.5, 0.6) is 5.75 Å². The van der Waals surface area contributed by atoms with Gasteiger partial charge in [0.1, 0.15) is 5.75 Å². The number of nitrogens with zero attached hydrogens (tertiary/aromatic N) is 2. The Morgan fingerprint density at radius 3 is 2.17 bits per heavy atom. The molecule has 128 valence electrons. The largest absolute Gasteiger partial charge is 0.497 e. The molecule has 0 aromatic heterocycles. The highest BCUT2D eigenvalue weighted by atomic mass is 35.5. The number of benzene rings is 2. The molecule has 1 saturated heterocycles. The van der Waals surface area contributed by atoms with Crippen molar-refractivity contribution in [1.29, 1.82) is 0 Å². The summed E-state index contributed by atoms with van der Waals surface area (Å²) < 4.78 is 5.13. The molecule has 0 amide bonds. The van der Waals surface area contributed by atoms with Crippen LogP contribution in [-0.4, -0.2) is 50.5 Å². The molecule has 0 saturated carbocycles. The molecule has 0 N–H and O–H groups in total. The minimum absolute atomic E-state index is 0. The molecule has 0 radical (unpaired) electrons. The summed E-state index contributed by atoms with van der Waals surface area (Å²) in [6, 6.07) is 17.8. The highest BCUT2D eigenvalue weighted by Crippen LogP contribution is 2.16. The monoisotopic (exact) mass is 346 g/mol. The maximum Gasteiger partial charge on any atom is 0.176 e. The molecule has 0 aliphatic carbocycles. The average Bonchev–Trinajstić information content (AvgIpc) is 2.63. The van der Waals surface area contributed by atoms with Crippen molar-refractivity contribution in [3.63, 3.8) is 0 Å². The normalized spacial score (nSPS) is 14.8. The molecule has 0 bridgehead atoms. The quantitative estimate of drug-likeness (QED) is 0.779. The smallest absolute Gasteiger partial charge is 0.176 e. The number of methoxy groups -OCH3 is 1. The van der Waals surface area contributed by atoms with E-state index < -0.39 is 0 Å². The first-order valence-electron chi connectivity index (χ1n) is 7.96. The number of Topliss-reactive ketones (excluding diaryl/α,β-unsaturated/α-hetero) is 1. The molecule has 1 aliphatic heterocycles. The molecule has 5 heteroatoms. The lowest BCUT2D eigenvalue weighted by atomic mass is 10.1. The van der Waals surface area contributed by atoms with Gasteiger partial charge in [0, 0.05) is 37.4 Å².